The fraction of sp³-hybridized carbons (Fsp3) is 0.222. The summed E-state index contributed by atoms with van der Waals surface area (Å²) >= 11 is 0. The lowest BCUT2D eigenvalue weighted by Crippen LogP contribution is -1.91. The highest BCUT2D eigenvalue weighted by Crippen LogP contribution is 2.31. The van der Waals surface area contributed by atoms with E-state index in [1.165, 1.54) is 0 Å². The molecule has 1 N–H and O–H groups in total. The van der Waals surface area contributed by atoms with Gasteiger partial charge in [-0.2, -0.15) is 5.10 Å². The van der Waals surface area contributed by atoms with Crippen LogP contribution in [-0.4, -0.2) is 16.8 Å². The number of benzene rings is 1. The highest BCUT2D eigenvalue weighted by Gasteiger charge is 2.07. The molecule has 1 heterocycles. The van der Waals surface area contributed by atoms with Gasteiger partial charge in [0.2, 0.25) is 0 Å². The summed E-state index contributed by atoms with van der Waals surface area (Å²) in [5, 5.41) is 10.4. The summed E-state index contributed by atoms with van der Waals surface area (Å²) in [4.78, 5) is 10.5. The number of rotatable bonds is 3. The van der Waals surface area contributed by atoms with Crippen LogP contribution in [0.15, 0.2) is 23.5 Å². The smallest absolute Gasteiger partial charge is 0.150 e. The van der Waals surface area contributed by atoms with Gasteiger partial charge in [0, 0.05) is 11.5 Å². The van der Waals surface area contributed by atoms with E-state index in [1.54, 1.807) is 18.3 Å². The molecule has 0 radical (unpaired) electrons. The van der Waals surface area contributed by atoms with Crippen LogP contribution in [0.5, 0.6) is 5.75 Å². The Kier molecular flexibility index (Phi) is 2.14. The van der Waals surface area contributed by atoms with Crippen molar-refractivity contribution in [3.8, 4) is 5.75 Å². The number of aromatic amines is 1. The van der Waals surface area contributed by atoms with Crippen LogP contribution in [0.3, 0.4) is 0 Å². The maximum atomic E-state index is 10.5. The normalized spacial score (nSPS) is 10.4. The van der Waals surface area contributed by atoms with Crippen molar-refractivity contribution in [1.82, 2.24) is 10.2 Å². The molecule has 0 aliphatic rings. The highest BCUT2D eigenvalue weighted by molar-refractivity contribution is 5.84. The zero-order valence-electron chi connectivity index (χ0n) is 7.65. The molecule has 0 saturated carbocycles. The summed E-state index contributed by atoms with van der Waals surface area (Å²) in [5.74, 6) is 0.485. The summed E-state index contributed by atoms with van der Waals surface area (Å²) in [5.41, 5.74) is 1.14. The Hall–Kier alpha value is -1.91. The minimum atomic E-state index is 0.306. The minimum Gasteiger partial charge on any atom is -0.491 e. The Morgan fingerprint density at radius 2 is 2.43 bits per heavy atom. The Morgan fingerprint density at radius 1 is 1.57 bits per heavy atom. The molecule has 0 bridgehead atoms. The molecule has 0 spiro atoms. The van der Waals surface area contributed by atoms with Crippen LogP contribution in [0.2, 0.25) is 0 Å². The molecule has 0 fully saturated rings. The molecule has 0 saturated heterocycles. The molecule has 72 valence electrons. The lowest BCUT2D eigenvalue weighted by atomic mass is 10.2. The number of nitrogens with one attached hydrogen (secondary N) is 1. The van der Waals surface area contributed by atoms with E-state index in [0.717, 1.165) is 10.9 Å². The molecule has 0 unspecified atom stereocenters. The fourth-order valence-corrected chi connectivity index (χ4v) is 1.30. The number of fused-ring (bicyclic) bond motifs is 1. The van der Waals surface area contributed by atoms with Gasteiger partial charge < -0.3 is 4.74 Å². The molecule has 14 heavy (non-hydrogen) atoms. The summed E-state index contributed by atoms with van der Waals surface area (Å²) < 4.78 is 5.26. The number of ether oxygens (including phenoxy) is 1. The van der Waals surface area contributed by atoms with E-state index < -0.39 is 0 Å². The molecule has 5 nitrogen and oxygen atoms in total. The van der Waals surface area contributed by atoms with Gasteiger partial charge in [-0.15, -0.1) is 4.91 Å². The van der Waals surface area contributed by atoms with Crippen molar-refractivity contribution in [2.75, 3.05) is 6.61 Å². The van der Waals surface area contributed by atoms with Gasteiger partial charge in [-0.05, 0) is 18.2 Å². The monoisotopic (exact) mass is 191 g/mol. The van der Waals surface area contributed by atoms with Gasteiger partial charge in [-0.25, -0.2) is 0 Å². The van der Waals surface area contributed by atoms with E-state index in [-0.39, 0.29) is 0 Å². The molecule has 0 aliphatic carbocycles. The first kappa shape index (κ1) is 8.68. The molecular weight excluding hydrogens is 182 g/mol. The molecule has 5 heteroatoms. The Morgan fingerprint density at radius 3 is 3.14 bits per heavy atom. The van der Waals surface area contributed by atoms with Crippen LogP contribution in [0.25, 0.3) is 10.9 Å². The van der Waals surface area contributed by atoms with Crippen LogP contribution >= 0.6 is 0 Å². The van der Waals surface area contributed by atoms with E-state index in [1.807, 2.05) is 6.92 Å². The van der Waals surface area contributed by atoms with Gasteiger partial charge in [-0.3, -0.25) is 5.10 Å². The van der Waals surface area contributed by atoms with Crippen molar-refractivity contribution in [3.05, 3.63) is 23.2 Å². The summed E-state index contributed by atoms with van der Waals surface area (Å²) in [6.07, 6.45) is 1.64. The third-order valence-electron chi connectivity index (χ3n) is 1.92. The average Bonchev–Trinajstić information content (AvgIpc) is 2.64. The summed E-state index contributed by atoms with van der Waals surface area (Å²) in [6.45, 7) is 2.36. The number of hydrogen-bond acceptors (Lipinski definition) is 4. The summed E-state index contributed by atoms with van der Waals surface area (Å²) in [7, 11) is 0. The topological polar surface area (TPSA) is 67.3 Å². The first-order valence-electron chi connectivity index (χ1n) is 4.28. The van der Waals surface area contributed by atoms with Gasteiger partial charge in [-0.1, -0.05) is 0 Å². The second kappa shape index (κ2) is 3.45. The summed E-state index contributed by atoms with van der Waals surface area (Å²) in [6, 6.07) is 3.37. The second-order valence-electron chi connectivity index (χ2n) is 2.80. The maximum absolute atomic E-state index is 10.5. The van der Waals surface area contributed by atoms with Crippen molar-refractivity contribution in [2.24, 2.45) is 5.18 Å². The zero-order valence-corrected chi connectivity index (χ0v) is 7.65. The van der Waals surface area contributed by atoms with E-state index in [4.69, 9.17) is 4.74 Å². The third kappa shape index (κ3) is 1.32. The van der Waals surface area contributed by atoms with Crippen LogP contribution in [0, 0.1) is 4.91 Å². The highest BCUT2D eigenvalue weighted by atomic mass is 16.5. The Balaban J connectivity index is 2.60. The molecule has 2 aromatic rings. The van der Waals surface area contributed by atoms with Gasteiger partial charge >= 0.3 is 0 Å². The van der Waals surface area contributed by atoms with Gasteiger partial charge in [0.25, 0.3) is 0 Å². The maximum Gasteiger partial charge on any atom is 0.150 e. The zero-order chi connectivity index (χ0) is 9.97. The molecule has 0 atom stereocenters. The lowest BCUT2D eigenvalue weighted by molar-refractivity contribution is 0.342. The number of aromatic nitrogens is 2. The number of H-pyrrole nitrogens is 1. The first-order chi connectivity index (χ1) is 6.85. The van der Waals surface area contributed by atoms with E-state index in [9.17, 15) is 4.91 Å². The molecule has 1 aromatic carbocycles. The Labute approximate surface area is 80.0 Å². The number of hydrogen-bond donors (Lipinski definition) is 1. The average molecular weight is 191 g/mol. The Bertz CT molecular complexity index is 464. The number of nitroso groups, excluding NO2 is 1. The van der Waals surface area contributed by atoms with Gasteiger partial charge in [0.1, 0.15) is 0 Å². The van der Waals surface area contributed by atoms with Crippen molar-refractivity contribution in [1.29, 1.82) is 0 Å². The largest absolute Gasteiger partial charge is 0.491 e. The van der Waals surface area contributed by atoms with E-state index >= 15 is 0 Å². The van der Waals surface area contributed by atoms with Crippen LogP contribution in [0.4, 0.5) is 5.69 Å². The predicted octanol–water partition coefficient (Wildman–Crippen LogP) is 2.36. The SMILES string of the molecule is CCOc1cc2[nH]ncc2cc1N=O. The van der Waals surface area contributed by atoms with Crippen molar-refractivity contribution in [3.63, 3.8) is 0 Å². The second-order valence-corrected chi connectivity index (χ2v) is 2.80. The van der Waals surface area contributed by atoms with Gasteiger partial charge in [0.15, 0.2) is 11.4 Å². The fourth-order valence-electron chi connectivity index (χ4n) is 1.30. The van der Waals surface area contributed by atoms with Crippen LogP contribution in [0.1, 0.15) is 6.92 Å². The quantitative estimate of drug-likeness (QED) is 0.757. The van der Waals surface area contributed by atoms with Crippen LogP contribution < -0.4 is 4.74 Å². The molecule has 0 amide bonds. The van der Waals surface area contributed by atoms with Crippen molar-refractivity contribution >= 4 is 16.6 Å². The predicted molar refractivity (Wildman–Crippen MR) is 52.7 cm³/mol. The van der Waals surface area contributed by atoms with Crippen LogP contribution in [-0.2, 0) is 0 Å². The molecular formula is C9H9N3O2. The third-order valence-corrected chi connectivity index (χ3v) is 1.92. The van der Waals surface area contributed by atoms with E-state index in [0.29, 0.717) is 18.0 Å². The molecule has 0 aliphatic heterocycles. The first-order valence-corrected chi connectivity index (χ1v) is 4.28. The van der Waals surface area contributed by atoms with Gasteiger partial charge in [0.05, 0.1) is 18.3 Å². The molecule has 2 rings (SSSR count). The lowest BCUT2D eigenvalue weighted by Gasteiger charge is -2.04. The van der Waals surface area contributed by atoms with Crippen molar-refractivity contribution < 1.29 is 4.74 Å². The number of nitrogens with zero attached hydrogens (tertiary/aromatic N) is 2. The minimum absolute atomic E-state index is 0.306. The standard InChI is InChI=1S/C9H9N3O2/c1-2-14-9-4-7-6(5-10-11-7)3-8(9)12-13/h3-5H,2H2,1H3,(H,10,11). The van der Waals surface area contributed by atoms with Crippen molar-refractivity contribution in [2.45, 2.75) is 6.92 Å². The van der Waals surface area contributed by atoms with E-state index in [2.05, 4.69) is 15.4 Å². The molecule has 1 aromatic heterocycles.